The summed E-state index contributed by atoms with van der Waals surface area (Å²) in [5.74, 6) is -1.01. The van der Waals surface area contributed by atoms with Gasteiger partial charge in [-0.25, -0.2) is 4.98 Å². The molecule has 236 valence electrons. The predicted octanol–water partition coefficient (Wildman–Crippen LogP) is 2.97. The molecule has 4 heterocycles. The maximum absolute atomic E-state index is 13.9. The molecule has 5 rings (SSSR count). The zero-order valence-corrected chi connectivity index (χ0v) is 26.5. The average Bonchev–Trinajstić information content (AvgIpc) is 3.77. The molecule has 4 atom stereocenters. The molecule has 2 aromatic rings. The fraction of sp³-hybridized carbons (Fsp3) is 0.600. The van der Waals surface area contributed by atoms with E-state index in [1.165, 1.54) is 4.90 Å². The Kier molecular flexibility index (Phi) is 9.86. The number of rotatable bonds is 11. The maximum Gasteiger partial charge on any atom is 0.251 e. The Morgan fingerprint density at radius 3 is 2.64 bits per heavy atom. The Morgan fingerprint density at radius 1 is 1.25 bits per heavy atom. The van der Waals surface area contributed by atoms with Crippen molar-refractivity contribution in [2.45, 2.75) is 51.4 Å². The molecule has 44 heavy (non-hydrogen) atoms. The fourth-order valence-corrected chi connectivity index (χ4v) is 6.81. The van der Waals surface area contributed by atoms with Crippen molar-refractivity contribution in [2.24, 2.45) is 10.5 Å². The van der Waals surface area contributed by atoms with Gasteiger partial charge >= 0.3 is 0 Å². The number of Topliss-reactive ketones (excluding diaryl/α,β-unsaturated/α-hetero) is 1. The van der Waals surface area contributed by atoms with Crippen LogP contribution in [0, 0.1) is 5.41 Å². The highest BCUT2D eigenvalue weighted by molar-refractivity contribution is 7.14. The molecule has 0 radical (unpaired) electrons. The van der Waals surface area contributed by atoms with Crippen molar-refractivity contribution in [1.29, 1.82) is 0 Å². The lowest BCUT2D eigenvalue weighted by Crippen LogP contribution is -2.57. The summed E-state index contributed by atoms with van der Waals surface area (Å²) in [5.41, 5.74) is 10.5. The summed E-state index contributed by atoms with van der Waals surface area (Å²) in [4.78, 5) is 53.9. The molecule has 3 aliphatic heterocycles. The van der Waals surface area contributed by atoms with E-state index in [-0.39, 0.29) is 24.8 Å². The molecule has 3 aliphatic rings. The number of nitrogens with zero attached hydrogens (tertiary/aromatic N) is 7. The SMILES string of the molecule is CCC(C)(C)[C@H](NC(=O)c1ccc(-c2csc(N3CCN(CCOC)CC3)n2)cc1)C(=O)N1C[C@@H](N=[N+]=[N-])[C@H]2OCC(=O)[C@H]21. The van der Waals surface area contributed by atoms with Crippen molar-refractivity contribution in [2.75, 3.05) is 64.5 Å². The lowest BCUT2D eigenvalue weighted by molar-refractivity contribution is -0.140. The maximum atomic E-state index is 13.9. The molecule has 0 spiro atoms. The predicted molar refractivity (Wildman–Crippen MR) is 167 cm³/mol. The van der Waals surface area contributed by atoms with Crippen LogP contribution in [-0.4, -0.2) is 116 Å². The number of hydrogen-bond acceptors (Lipinski definition) is 10. The number of piperazine rings is 1. The highest BCUT2D eigenvalue weighted by Crippen LogP contribution is 2.34. The number of carbonyl (C=O) groups is 3. The van der Waals surface area contributed by atoms with E-state index in [0.29, 0.717) is 12.0 Å². The van der Waals surface area contributed by atoms with Gasteiger partial charge in [-0.15, -0.1) is 11.3 Å². The van der Waals surface area contributed by atoms with E-state index in [0.717, 1.165) is 55.7 Å². The number of likely N-dealkylation sites (tertiary alicyclic amines) is 1. The third kappa shape index (κ3) is 6.59. The monoisotopic (exact) mass is 624 g/mol. The van der Waals surface area contributed by atoms with Crippen molar-refractivity contribution in [3.05, 3.63) is 45.7 Å². The smallest absolute Gasteiger partial charge is 0.251 e. The normalized spacial score (nSPS) is 22.9. The Morgan fingerprint density at radius 2 is 1.98 bits per heavy atom. The summed E-state index contributed by atoms with van der Waals surface area (Å²) in [7, 11) is 1.72. The second kappa shape index (κ2) is 13.6. The van der Waals surface area contributed by atoms with Crippen LogP contribution in [0.4, 0.5) is 5.13 Å². The van der Waals surface area contributed by atoms with E-state index in [4.69, 9.17) is 20.0 Å². The van der Waals surface area contributed by atoms with Gasteiger partial charge in [-0.3, -0.25) is 19.3 Å². The number of methoxy groups -OCH3 is 1. The molecule has 3 saturated heterocycles. The number of aromatic nitrogens is 1. The Bertz CT molecular complexity index is 1400. The van der Waals surface area contributed by atoms with E-state index < -0.39 is 35.6 Å². The Labute approximate surface area is 261 Å². The van der Waals surface area contributed by atoms with Crippen molar-refractivity contribution in [1.82, 2.24) is 20.1 Å². The Balaban J connectivity index is 1.26. The van der Waals surface area contributed by atoms with Crippen LogP contribution >= 0.6 is 11.3 Å². The van der Waals surface area contributed by atoms with Crippen LogP contribution in [0.3, 0.4) is 0 Å². The van der Waals surface area contributed by atoms with Gasteiger partial charge in [-0.1, -0.05) is 38.0 Å². The molecule has 0 unspecified atom stereocenters. The largest absolute Gasteiger partial charge is 0.383 e. The van der Waals surface area contributed by atoms with Gasteiger partial charge in [0.1, 0.15) is 18.7 Å². The number of fused-ring (bicyclic) bond motifs is 1. The van der Waals surface area contributed by atoms with Crippen LogP contribution in [-0.2, 0) is 19.1 Å². The molecule has 0 saturated carbocycles. The second-order valence-corrected chi connectivity index (χ2v) is 12.9. The third-order valence-electron chi connectivity index (χ3n) is 9.05. The molecular formula is C30H40N8O5S. The Hall–Kier alpha value is -3.55. The van der Waals surface area contributed by atoms with Crippen LogP contribution in [0.2, 0.25) is 0 Å². The summed E-state index contributed by atoms with van der Waals surface area (Å²) in [5, 5.41) is 9.72. The van der Waals surface area contributed by atoms with Gasteiger partial charge in [0.2, 0.25) is 5.91 Å². The first-order valence-corrected chi connectivity index (χ1v) is 15.9. The molecule has 0 aliphatic carbocycles. The summed E-state index contributed by atoms with van der Waals surface area (Å²) in [6.07, 6.45) is -0.0731. The minimum Gasteiger partial charge on any atom is -0.383 e. The number of azide groups is 1. The molecule has 14 heteroatoms. The van der Waals surface area contributed by atoms with Gasteiger partial charge < -0.3 is 24.6 Å². The number of carbonyl (C=O) groups excluding carboxylic acids is 3. The van der Waals surface area contributed by atoms with Gasteiger partial charge in [0.05, 0.1) is 24.4 Å². The van der Waals surface area contributed by atoms with Crippen LogP contribution in [0.1, 0.15) is 37.6 Å². The molecule has 13 nitrogen and oxygen atoms in total. The number of benzene rings is 1. The van der Waals surface area contributed by atoms with E-state index in [9.17, 15) is 14.4 Å². The van der Waals surface area contributed by atoms with Crippen molar-refractivity contribution in [3.63, 3.8) is 0 Å². The lowest BCUT2D eigenvalue weighted by Gasteiger charge is -2.36. The standard InChI is InChI=1S/C30H40N8O5S/c1-5-30(2,3)26(28(41)38-16-21(34-35-31)25-24(38)23(39)17-43-25)33-27(40)20-8-6-19(7-9-20)22-18-44-29(32-22)37-12-10-36(11-13-37)14-15-42-4/h6-9,18,21,24-26H,5,10-17H2,1-4H3,(H,33,40)/t21-,24-,25-,26-/m1/s1. The van der Waals surface area contributed by atoms with Crippen molar-refractivity contribution in [3.8, 4) is 11.3 Å². The zero-order valence-electron chi connectivity index (χ0n) is 25.6. The summed E-state index contributed by atoms with van der Waals surface area (Å²) in [6, 6.07) is 4.80. The lowest BCUT2D eigenvalue weighted by atomic mass is 9.80. The van der Waals surface area contributed by atoms with Crippen LogP contribution in [0.15, 0.2) is 34.8 Å². The van der Waals surface area contributed by atoms with E-state index >= 15 is 0 Å². The first-order valence-electron chi connectivity index (χ1n) is 15.0. The van der Waals surface area contributed by atoms with Gasteiger partial charge in [-0.05, 0) is 29.5 Å². The summed E-state index contributed by atoms with van der Waals surface area (Å²) in [6.45, 7) is 11.1. The van der Waals surface area contributed by atoms with E-state index in [2.05, 4.69) is 25.1 Å². The fourth-order valence-electron chi connectivity index (χ4n) is 5.92. The van der Waals surface area contributed by atoms with Crippen LogP contribution < -0.4 is 10.2 Å². The van der Waals surface area contributed by atoms with Crippen LogP contribution in [0.25, 0.3) is 21.7 Å². The highest BCUT2D eigenvalue weighted by Gasteiger charge is 2.54. The zero-order chi connectivity index (χ0) is 31.4. The molecular weight excluding hydrogens is 584 g/mol. The number of amides is 2. The van der Waals surface area contributed by atoms with Gasteiger partial charge in [0.25, 0.3) is 5.91 Å². The average molecular weight is 625 g/mol. The van der Waals surface area contributed by atoms with E-state index in [1.807, 2.05) is 38.3 Å². The molecule has 1 aromatic carbocycles. The number of hydrogen-bond donors (Lipinski definition) is 1. The van der Waals surface area contributed by atoms with Crippen LogP contribution in [0.5, 0.6) is 0 Å². The number of ketones is 1. The van der Waals surface area contributed by atoms with Gasteiger partial charge in [0.15, 0.2) is 10.9 Å². The summed E-state index contributed by atoms with van der Waals surface area (Å²) < 4.78 is 10.8. The summed E-state index contributed by atoms with van der Waals surface area (Å²) >= 11 is 1.61. The number of anilines is 1. The van der Waals surface area contributed by atoms with Gasteiger partial charge in [-0.2, -0.15) is 0 Å². The molecule has 1 N–H and O–H groups in total. The van der Waals surface area contributed by atoms with Crippen molar-refractivity contribution < 1.29 is 23.9 Å². The number of thiazole rings is 1. The highest BCUT2D eigenvalue weighted by atomic mass is 32.1. The third-order valence-corrected chi connectivity index (χ3v) is 9.95. The molecule has 3 fully saturated rings. The second-order valence-electron chi connectivity index (χ2n) is 12.1. The number of ether oxygens (including phenoxy) is 2. The van der Waals surface area contributed by atoms with E-state index in [1.54, 1.807) is 30.6 Å². The van der Waals surface area contributed by atoms with Gasteiger partial charge in [0, 0.05) is 67.8 Å². The molecule has 1 aromatic heterocycles. The number of nitrogens with one attached hydrogen (secondary N) is 1. The first-order chi connectivity index (χ1) is 21.2. The quantitative estimate of drug-likeness (QED) is 0.228. The minimum absolute atomic E-state index is 0.0595. The topological polar surface area (TPSA) is 153 Å². The van der Waals surface area contributed by atoms with Crippen molar-refractivity contribution >= 4 is 34.1 Å². The molecule has 0 bridgehead atoms. The molecule has 2 amide bonds. The first kappa shape index (κ1) is 31.9. The minimum atomic E-state index is -0.908.